The van der Waals surface area contributed by atoms with Gasteiger partial charge >= 0.3 is 0 Å². The molecule has 1 N–H and O–H groups in total. The summed E-state index contributed by atoms with van der Waals surface area (Å²) in [5.41, 5.74) is 0.791. The first-order valence-electron chi connectivity index (χ1n) is 6.46. The standard InChI is InChI=1S/C17H10O3S/c18-16-10-4-1-2-5-11(10)17(19)13-9-20-14(8-12(13)16)15-6-3-7-21-15/h1-9,18H. The molecule has 3 nitrogen and oxygen atoms in total. The third-order valence-electron chi connectivity index (χ3n) is 3.56. The van der Waals surface area contributed by atoms with Crippen molar-refractivity contribution >= 4 is 22.1 Å². The molecule has 0 atom stereocenters. The maximum atomic E-state index is 12.5. The van der Waals surface area contributed by atoms with Crippen LogP contribution in [0.4, 0.5) is 0 Å². The van der Waals surface area contributed by atoms with Crippen molar-refractivity contribution in [3.8, 4) is 27.5 Å². The Morgan fingerprint density at radius 1 is 1.00 bits per heavy atom. The van der Waals surface area contributed by atoms with E-state index in [-0.39, 0.29) is 11.2 Å². The number of hydrogen-bond acceptors (Lipinski definition) is 4. The number of aromatic hydroxyl groups is 1. The van der Waals surface area contributed by atoms with Gasteiger partial charge < -0.3 is 9.52 Å². The van der Waals surface area contributed by atoms with Crippen molar-refractivity contribution in [3.05, 3.63) is 64.3 Å². The fourth-order valence-corrected chi connectivity index (χ4v) is 3.21. The van der Waals surface area contributed by atoms with Gasteiger partial charge in [0.1, 0.15) is 17.8 Å². The Labute approximate surface area is 124 Å². The van der Waals surface area contributed by atoms with Crippen molar-refractivity contribution < 1.29 is 9.52 Å². The molecular formula is C17H10O3S. The zero-order valence-corrected chi connectivity index (χ0v) is 11.7. The zero-order valence-electron chi connectivity index (χ0n) is 10.9. The summed E-state index contributed by atoms with van der Waals surface area (Å²) in [6.07, 6.45) is 1.43. The van der Waals surface area contributed by atoms with Gasteiger partial charge in [-0.15, -0.1) is 11.3 Å². The molecule has 0 bridgehead atoms. The highest BCUT2D eigenvalue weighted by Gasteiger charge is 2.19. The number of phenols is 1. The molecule has 1 aromatic heterocycles. The van der Waals surface area contributed by atoms with Crippen molar-refractivity contribution in [1.82, 2.24) is 0 Å². The van der Waals surface area contributed by atoms with E-state index in [0.29, 0.717) is 27.7 Å². The minimum Gasteiger partial charge on any atom is -0.507 e. The quantitative estimate of drug-likeness (QED) is 0.531. The summed E-state index contributed by atoms with van der Waals surface area (Å²) >= 11 is 1.54. The monoisotopic (exact) mass is 294 g/mol. The molecule has 1 aliphatic heterocycles. The van der Waals surface area contributed by atoms with E-state index in [9.17, 15) is 9.90 Å². The Bertz CT molecular complexity index is 967. The lowest BCUT2D eigenvalue weighted by atomic mass is 9.97. The van der Waals surface area contributed by atoms with Crippen molar-refractivity contribution in [2.75, 3.05) is 0 Å². The Hall–Kier alpha value is -2.59. The first kappa shape index (κ1) is 12.2. The molecule has 0 unspecified atom stereocenters. The second-order valence-corrected chi connectivity index (χ2v) is 5.72. The molecule has 0 spiro atoms. The number of fused-ring (bicyclic) bond motifs is 2. The fraction of sp³-hybridized carbons (Fsp3) is 0. The lowest BCUT2D eigenvalue weighted by molar-refractivity contribution is 0.481. The normalized spacial score (nSPS) is 11.2. The molecular weight excluding hydrogens is 284 g/mol. The maximum absolute atomic E-state index is 12.5. The van der Waals surface area contributed by atoms with Gasteiger partial charge in [-0.05, 0) is 17.5 Å². The molecule has 4 rings (SSSR count). The average Bonchev–Trinajstić information content (AvgIpc) is 3.06. The van der Waals surface area contributed by atoms with E-state index in [1.807, 2.05) is 17.5 Å². The van der Waals surface area contributed by atoms with Gasteiger partial charge in [0, 0.05) is 16.3 Å². The molecule has 2 heterocycles. The first-order valence-corrected chi connectivity index (χ1v) is 7.34. The lowest BCUT2D eigenvalue weighted by Gasteiger charge is -2.11. The van der Waals surface area contributed by atoms with Crippen LogP contribution in [0.1, 0.15) is 0 Å². The van der Waals surface area contributed by atoms with E-state index in [2.05, 4.69) is 0 Å². The predicted molar refractivity (Wildman–Crippen MR) is 84.1 cm³/mol. The van der Waals surface area contributed by atoms with Crippen LogP contribution in [0.5, 0.6) is 5.75 Å². The zero-order chi connectivity index (χ0) is 14.4. The van der Waals surface area contributed by atoms with Crippen LogP contribution >= 0.6 is 11.3 Å². The summed E-state index contributed by atoms with van der Waals surface area (Å²) in [6, 6.07) is 12.6. The van der Waals surface area contributed by atoms with Gasteiger partial charge in [-0.2, -0.15) is 0 Å². The van der Waals surface area contributed by atoms with Crippen LogP contribution in [-0.2, 0) is 0 Å². The summed E-state index contributed by atoms with van der Waals surface area (Å²) in [6.45, 7) is 0. The van der Waals surface area contributed by atoms with Gasteiger partial charge in [0.2, 0.25) is 0 Å². The van der Waals surface area contributed by atoms with E-state index >= 15 is 0 Å². The smallest absolute Gasteiger partial charge is 0.197 e. The molecule has 0 fully saturated rings. The van der Waals surface area contributed by atoms with E-state index in [0.717, 1.165) is 4.88 Å². The van der Waals surface area contributed by atoms with Crippen LogP contribution in [0.25, 0.3) is 32.5 Å². The SMILES string of the molecule is O=c1c2coc(-c3cccs3)cc-2c(O)c2ccccc12. The predicted octanol–water partition coefficient (Wildman–Crippen LogP) is 4.33. The molecule has 0 saturated carbocycles. The van der Waals surface area contributed by atoms with E-state index in [4.69, 9.17) is 4.42 Å². The fourth-order valence-electron chi connectivity index (χ4n) is 2.53. The van der Waals surface area contributed by atoms with Gasteiger partial charge in [0.15, 0.2) is 5.43 Å². The largest absolute Gasteiger partial charge is 0.507 e. The van der Waals surface area contributed by atoms with E-state index in [1.54, 1.807) is 41.7 Å². The van der Waals surface area contributed by atoms with Crippen molar-refractivity contribution in [2.24, 2.45) is 0 Å². The third kappa shape index (κ3) is 1.76. The Balaban J connectivity index is 2.13. The second kappa shape index (κ2) is 4.46. The van der Waals surface area contributed by atoms with Crippen LogP contribution in [-0.4, -0.2) is 5.11 Å². The molecule has 1 aromatic carbocycles. The molecule has 2 aromatic rings. The topological polar surface area (TPSA) is 50.4 Å². The first-order chi connectivity index (χ1) is 10.3. The van der Waals surface area contributed by atoms with Gasteiger partial charge in [0.25, 0.3) is 0 Å². The molecule has 0 radical (unpaired) electrons. The highest BCUT2D eigenvalue weighted by molar-refractivity contribution is 7.13. The Kier molecular flexibility index (Phi) is 2.59. The summed E-state index contributed by atoms with van der Waals surface area (Å²) in [5, 5.41) is 13.5. The van der Waals surface area contributed by atoms with Crippen molar-refractivity contribution in [1.29, 1.82) is 0 Å². The second-order valence-electron chi connectivity index (χ2n) is 4.77. The molecule has 0 saturated heterocycles. The highest BCUT2D eigenvalue weighted by atomic mass is 32.1. The maximum Gasteiger partial charge on any atom is 0.197 e. The molecule has 21 heavy (non-hydrogen) atoms. The lowest BCUT2D eigenvalue weighted by Crippen LogP contribution is -2.06. The Morgan fingerprint density at radius 3 is 2.57 bits per heavy atom. The molecule has 102 valence electrons. The summed E-state index contributed by atoms with van der Waals surface area (Å²) in [4.78, 5) is 13.4. The van der Waals surface area contributed by atoms with Crippen LogP contribution in [0.2, 0.25) is 0 Å². The number of rotatable bonds is 1. The van der Waals surface area contributed by atoms with Crippen LogP contribution in [0.3, 0.4) is 0 Å². The third-order valence-corrected chi connectivity index (χ3v) is 4.44. The van der Waals surface area contributed by atoms with Gasteiger partial charge in [0.05, 0.1) is 10.4 Å². The Morgan fingerprint density at radius 2 is 1.81 bits per heavy atom. The van der Waals surface area contributed by atoms with Crippen LogP contribution in [0, 0.1) is 0 Å². The summed E-state index contributed by atoms with van der Waals surface area (Å²) < 4.78 is 5.57. The number of hydrogen-bond donors (Lipinski definition) is 1. The average molecular weight is 294 g/mol. The minimum atomic E-state index is -0.125. The molecule has 4 heteroatoms. The summed E-state index contributed by atoms with van der Waals surface area (Å²) in [5.74, 6) is 0.760. The van der Waals surface area contributed by atoms with Gasteiger partial charge in [-0.3, -0.25) is 4.79 Å². The van der Waals surface area contributed by atoms with Gasteiger partial charge in [-0.1, -0.05) is 30.3 Å². The van der Waals surface area contributed by atoms with Crippen LogP contribution < -0.4 is 5.43 Å². The van der Waals surface area contributed by atoms with E-state index in [1.165, 1.54) is 6.26 Å². The molecule has 1 aliphatic carbocycles. The number of benzene rings is 2. The van der Waals surface area contributed by atoms with Crippen LogP contribution in [0.15, 0.2) is 63.3 Å². The molecule has 0 amide bonds. The number of thiophene rings is 1. The molecule has 2 aliphatic rings. The summed E-state index contributed by atoms with van der Waals surface area (Å²) in [7, 11) is 0. The van der Waals surface area contributed by atoms with Gasteiger partial charge in [-0.25, -0.2) is 0 Å². The highest BCUT2D eigenvalue weighted by Crippen LogP contribution is 2.38. The minimum absolute atomic E-state index is 0.119. The van der Waals surface area contributed by atoms with E-state index < -0.39 is 0 Å². The van der Waals surface area contributed by atoms with Crippen molar-refractivity contribution in [3.63, 3.8) is 0 Å². The number of phenolic OH excluding ortho intramolecular Hbond substituents is 1. The van der Waals surface area contributed by atoms with Crippen molar-refractivity contribution in [2.45, 2.75) is 0 Å².